The summed E-state index contributed by atoms with van der Waals surface area (Å²) in [6.45, 7) is 20.3. The van der Waals surface area contributed by atoms with Gasteiger partial charge in [0.1, 0.15) is 5.78 Å². The standard InChI is InChI=1S/C38H59N3O7S/c1-11-23-19-36(23,32(46)40-49(47,48)25-13-14-25)21-29(43)28-20-38(35(8,9)37(38)15-12-16-37)22-41(28)31(45)27(34(5,6)7)18-24(42)17-26(30(44)39-10)33(2,3)4/h11,23,25-28H,1,12-22H2,2-10H3,(H,39,44)(H,40,46)/t23-,26-,27-,28+,36-,38-/m1/s1. The topological polar surface area (TPSA) is 147 Å². The van der Waals surface area contributed by atoms with Crippen LogP contribution in [0, 0.1) is 50.2 Å². The number of amides is 3. The highest BCUT2D eigenvalue weighted by Crippen LogP contribution is 2.88. The van der Waals surface area contributed by atoms with Crippen LogP contribution in [-0.4, -0.2) is 67.5 Å². The highest BCUT2D eigenvalue weighted by molar-refractivity contribution is 7.90. The molecule has 5 rings (SSSR count). The second kappa shape index (κ2) is 12.0. The van der Waals surface area contributed by atoms with Gasteiger partial charge in [-0.25, -0.2) is 8.42 Å². The minimum Gasteiger partial charge on any atom is -0.359 e. The maximum Gasteiger partial charge on any atom is 0.240 e. The van der Waals surface area contributed by atoms with Crippen molar-refractivity contribution in [2.24, 2.45) is 50.2 Å². The number of ketones is 2. The van der Waals surface area contributed by atoms with Crippen molar-refractivity contribution >= 4 is 39.3 Å². The maximum absolute atomic E-state index is 14.8. The third kappa shape index (κ3) is 6.11. The van der Waals surface area contributed by atoms with Crippen molar-refractivity contribution in [3.63, 3.8) is 0 Å². The lowest BCUT2D eigenvalue weighted by atomic mass is 9.73. The van der Waals surface area contributed by atoms with Crippen molar-refractivity contribution in [3.8, 4) is 0 Å². The molecule has 1 aliphatic heterocycles. The molecule has 0 radical (unpaired) electrons. The number of fused-ring (bicyclic) bond motifs is 1. The number of likely N-dealkylation sites (tertiary alicyclic amines) is 1. The lowest BCUT2D eigenvalue weighted by Gasteiger charge is -2.36. The summed E-state index contributed by atoms with van der Waals surface area (Å²) in [5.41, 5.74) is -2.57. The SMILES string of the molecule is C=C[C@@H]1C[C@]1(CC(=O)[C@@H]1C[C@@]2(CN1C(=O)[C@@H](CC(=O)C[C@H](C(=O)NC)C(C)(C)C)C(C)(C)C)C(C)(C)C21CCC1)C(=O)NS(=O)(=O)C1CC1. The normalized spacial score (nSPS) is 31.0. The number of Topliss-reactive ketones (excluding diaryl/α,β-unsaturated/α-hetero) is 2. The van der Waals surface area contributed by atoms with E-state index in [4.69, 9.17) is 0 Å². The molecule has 10 nitrogen and oxygen atoms in total. The average molecular weight is 702 g/mol. The zero-order valence-electron chi connectivity index (χ0n) is 31.2. The molecule has 2 N–H and O–H groups in total. The number of allylic oxidation sites excluding steroid dienone is 1. The number of carbonyl (C=O) groups is 5. The molecule has 274 valence electrons. The molecule has 6 atom stereocenters. The summed E-state index contributed by atoms with van der Waals surface area (Å²) in [7, 11) is -2.25. The molecule has 0 aromatic carbocycles. The molecule has 4 aliphatic carbocycles. The molecule has 11 heteroatoms. The number of hydrogen-bond donors (Lipinski definition) is 2. The molecular weight excluding hydrogens is 642 g/mol. The van der Waals surface area contributed by atoms with E-state index in [-0.39, 0.29) is 64.8 Å². The van der Waals surface area contributed by atoms with E-state index >= 15 is 0 Å². The van der Waals surface area contributed by atoms with Gasteiger partial charge in [-0.05, 0) is 66.1 Å². The summed E-state index contributed by atoms with van der Waals surface area (Å²) in [6, 6.07) is -0.782. The van der Waals surface area contributed by atoms with Crippen molar-refractivity contribution in [2.75, 3.05) is 13.6 Å². The first kappa shape index (κ1) is 37.7. The second-order valence-electron chi connectivity index (χ2n) is 18.7. The van der Waals surface area contributed by atoms with E-state index < -0.39 is 55.3 Å². The smallest absolute Gasteiger partial charge is 0.240 e. The summed E-state index contributed by atoms with van der Waals surface area (Å²) >= 11 is 0. The van der Waals surface area contributed by atoms with Crippen LogP contribution in [0.15, 0.2) is 12.7 Å². The van der Waals surface area contributed by atoms with E-state index in [1.54, 1.807) is 18.0 Å². The summed E-state index contributed by atoms with van der Waals surface area (Å²) in [4.78, 5) is 71.1. The fourth-order valence-corrected chi connectivity index (χ4v) is 11.3. The Kier molecular flexibility index (Phi) is 9.24. The Labute approximate surface area is 293 Å². The molecule has 1 saturated heterocycles. The van der Waals surface area contributed by atoms with E-state index in [1.807, 2.05) is 41.5 Å². The summed E-state index contributed by atoms with van der Waals surface area (Å²) in [6.07, 6.45) is 6.45. The number of rotatable bonds is 13. The van der Waals surface area contributed by atoms with Crippen LogP contribution in [0.25, 0.3) is 0 Å². The molecule has 0 unspecified atom stereocenters. The van der Waals surface area contributed by atoms with Gasteiger partial charge in [-0.1, -0.05) is 67.9 Å². The first-order valence-electron chi connectivity index (χ1n) is 18.2. The third-order valence-corrected chi connectivity index (χ3v) is 15.7. The van der Waals surface area contributed by atoms with Crippen molar-refractivity contribution in [3.05, 3.63) is 12.7 Å². The molecule has 5 aliphatic rings. The summed E-state index contributed by atoms with van der Waals surface area (Å²) in [5.74, 6) is -3.14. The Bertz CT molecular complexity index is 1540. The Morgan fingerprint density at radius 3 is 1.92 bits per heavy atom. The van der Waals surface area contributed by atoms with Gasteiger partial charge in [0.25, 0.3) is 0 Å². The van der Waals surface area contributed by atoms with E-state index in [9.17, 15) is 32.4 Å². The minimum absolute atomic E-state index is 0.00973. The van der Waals surface area contributed by atoms with Gasteiger partial charge in [0, 0.05) is 50.1 Å². The molecule has 1 heterocycles. The fraction of sp³-hybridized carbons (Fsp3) is 0.816. The van der Waals surface area contributed by atoms with Crippen LogP contribution in [0.1, 0.15) is 120 Å². The van der Waals surface area contributed by atoms with Crippen LogP contribution in [0.2, 0.25) is 0 Å². The molecule has 5 fully saturated rings. The Morgan fingerprint density at radius 1 is 0.918 bits per heavy atom. The van der Waals surface area contributed by atoms with Crippen molar-refractivity contribution in [2.45, 2.75) is 131 Å². The maximum atomic E-state index is 14.8. The Hall–Kier alpha value is -2.56. The molecule has 0 bridgehead atoms. The summed E-state index contributed by atoms with van der Waals surface area (Å²) in [5, 5.41) is 2.10. The van der Waals surface area contributed by atoms with Crippen molar-refractivity contribution < 1.29 is 32.4 Å². The van der Waals surface area contributed by atoms with Gasteiger partial charge in [-0.2, -0.15) is 0 Å². The molecule has 49 heavy (non-hydrogen) atoms. The summed E-state index contributed by atoms with van der Waals surface area (Å²) < 4.78 is 27.7. The van der Waals surface area contributed by atoms with Crippen LogP contribution in [-0.2, 0) is 34.0 Å². The molecule has 2 spiro atoms. The Morgan fingerprint density at radius 2 is 1.49 bits per heavy atom. The minimum atomic E-state index is -3.81. The molecule has 3 amide bonds. The van der Waals surface area contributed by atoms with Gasteiger partial charge < -0.3 is 10.2 Å². The quantitative estimate of drug-likeness (QED) is 0.258. The van der Waals surface area contributed by atoms with Gasteiger partial charge in [-0.3, -0.25) is 28.7 Å². The van der Waals surface area contributed by atoms with Gasteiger partial charge in [0.05, 0.1) is 16.7 Å². The monoisotopic (exact) mass is 701 g/mol. The predicted octanol–water partition coefficient (Wildman–Crippen LogP) is 4.96. The van der Waals surface area contributed by atoms with Gasteiger partial charge >= 0.3 is 0 Å². The average Bonchev–Trinajstić information content (AvgIpc) is 3.90. The number of nitrogens with zero attached hydrogens (tertiary/aromatic N) is 1. The van der Waals surface area contributed by atoms with E-state index in [1.165, 1.54) is 0 Å². The van der Waals surface area contributed by atoms with Crippen LogP contribution < -0.4 is 10.0 Å². The highest BCUT2D eigenvalue weighted by atomic mass is 32.2. The van der Waals surface area contributed by atoms with Gasteiger partial charge in [-0.15, -0.1) is 6.58 Å². The lowest BCUT2D eigenvalue weighted by molar-refractivity contribution is -0.146. The largest absolute Gasteiger partial charge is 0.359 e. The molecule has 0 aromatic heterocycles. The zero-order valence-corrected chi connectivity index (χ0v) is 32.0. The number of carbonyl (C=O) groups excluding carboxylic acids is 5. The third-order valence-electron chi connectivity index (χ3n) is 13.8. The fourth-order valence-electron chi connectivity index (χ4n) is 9.89. The van der Waals surface area contributed by atoms with Crippen LogP contribution in [0.5, 0.6) is 0 Å². The van der Waals surface area contributed by atoms with E-state index in [0.717, 1.165) is 19.3 Å². The van der Waals surface area contributed by atoms with E-state index in [0.29, 0.717) is 32.2 Å². The second-order valence-corrected chi connectivity index (χ2v) is 20.7. The first-order valence-corrected chi connectivity index (χ1v) is 19.7. The van der Waals surface area contributed by atoms with Crippen molar-refractivity contribution in [1.82, 2.24) is 14.9 Å². The number of nitrogens with one attached hydrogen (secondary N) is 2. The first-order chi connectivity index (χ1) is 22.4. The zero-order chi connectivity index (χ0) is 36.8. The molecule has 4 saturated carbocycles. The number of hydrogen-bond acceptors (Lipinski definition) is 7. The van der Waals surface area contributed by atoms with Crippen LogP contribution in [0.4, 0.5) is 0 Å². The van der Waals surface area contributed by atoms with Crippen LogP contribution >= 0.6 is 0 Å². The predicted molar refractivity (Wildman–Crippen MR) is 187 cm³/mol. The Balaban J connectivity index is 1.43. The lowest BCUT2D eigenvalue weighted by Crippen LogP contribution is -2.48. The van der Waals surface area contributed by atoms with Crippen molar-refractivity contribution in [1.29, 1.82) is 0 Å². The van der Waals surface area contributed by atoms with Gasteiger partial charge in [0.15, 0.2) is 5.78 Å². The molecule has 0 aromatic rings. The van der Waals surface area contributed by atoms with E-state index in [2.05, 4.69) is 30.5 Å². The van der Waals surface area contributed by atoms with Gasteiger partial charge in [0.2, 0.25) is 27.7 Å². The highest BCUT2D eigenvalue weighted by Gasteiger charge is 2.85. The number of sulfonamides is 1. The van der Waals surface area contributed by atoms with Crippen LogP contribution in [0.3, 0.4) is 0 Å². The molecular formula is C38H59N3O7S.